The van der Waals surface area contributed by atoms with E-state index in [0.29, 0.717) is 13.1 Å². The first kappa shape index (κ1) is 12.8. The molecule has 0 bridgehead atoms. The second-order valence-corrected chi connectivity index (χ2v) is 4.47. The Kier molecular flexibility index (Phi) is 3.81. The van der Waals surface area contributed by atoms with Gasteiger partial charge in [-0.25, -0.2) is 4.39 Å². The molecule has 18 heavy (non-hydrogen) atoms. The zero-order chi connectivity index (χ0) is 13.1. The third kappa shape index (κ3) is 2.46. The Morgan fingerprint density at radius 2 is 2.33 bits per heavy atom. The molecule has 0 spiro atoms. The standard InChI is InChI=1S/C13H17FN2O2/c1-18-11-6-2-5-10(14)12(11)13(17)16-7-3-4-9(15)8-16/h2,5-6,9H,3-4,7-8,15H2,1H3/t9-/m1/s1. The summed E-state index contributed by atoms with van der Waals surface area (Å²) in [7, 11) is 1.42. The Balaban J connectivity index is 2.28. The molecule has 1 aliphatic heterocycles. The summed E-state index contributed by atoms with van der Waals surface area (Å²) in [5.74, 6) is -0.641. The smallest absolute Gasteiger partial charge is 0.260 e. The molecule has 98 valence electrons. The fourth-order valence-electron chi connectivity index (χ4n) is 2.23. The van der Waals surface area contributed by atoms with Gasteiger partial charge in [0.15, 0.2) is 0 Å². The Labute approximate surface area is 106 Å². The summed E-state index contributed by atoms with van der Waals surface area (Å²) < 4.78 is 18.8. The Morgan fingerprint density at radius 1 is 1.56 bits per heavy atom. The Hall–Kier alpha value is -1.62. The number of carbonyl (C=O) groups excluding carboxylic acids is 1. The van der Waals surface area contributed by atoms with Gasteiger partial charge >= 0.3 is 0 Å². The molecule has 1 atom stereocenters. The van der Waals surface area contributed by atoms with Gasteiger partial charge in [-0.1, -0.05) is 6.07 Å². The van der Waals surface area contributed by atoms with Gasteiger partial charge in [0, 0.05) is 19.1 Å². The van der Waals surface area contributed by atoms with Crippen molar-refractivity contribution in [1.82, 2.24) is 4.90 Å². The third-order valence-electron chi connectivity index (χ3n) is 3.15. The zero-order valence-electron chi connectivity index (χ0n) is 10.4. The third-order valence-corrected chi connectivity index (χ3v) is 3.15. The molecule has 1 heterocycles. The SMILES string of the molecule is COc1cccc(F)c1C(=O)N1CCC[C@@H](N)C1. The molecule has 0 unspecified atom stereocenters. The summed E-state index contributed by atoms with van der Waals surface area (Å²) in [5.41, 5.74) is 5.83. The summed E-state index contributed by atoms with van der Waals surface area (Å²) in [4.78, 5) is 13.9. The molecular formula is C13H17FN2O2. The number of likely N-dealkylation sites (tertiary alicyclic amines) is 1. The Bertz CT molecular complexity index is 451. The van der Waals surface area contributed by atoms with E-state index in [9.17, 15) is 9.18 Å². The number of nitrogens with zero attached hydrogens (tertiary/aromatic N) is 1. The number of nitrogens with two attached hydrogens (primary N) is 1. The van der Waals surface area contributed by atoms with Crippen LogP contribution in [-0.4, -0.2) is 37.0 Å². The van der Waals surface area contributed by atoms with Gasteiger partial charge in [-0.15, -0.1) is 0 Å². The lowest BCUT2D eigenvalue weighted by atomic mass is 10.0. The number of methoxy groups -OCH3 is 1. The van der Waals surface area contributed by atoms with Crippen LogP contribution in [0, 0.1) is 5.82 Å². The van der Waals surface area contributed by atoms with E-state index in [0.717, 1.165) is 12.8 Å². The van der Waals surface area contributed by atoms with E-state index in [-0.39, 0.29) is 23.3 Å². The van der Waals surface area contributed by atoms with E-state index < -0.39 is 5.82 Å². The molecule has 0 saturated carbocycles. The van der Waals surface area contributed by atoms with Crippen LogP contribution in [-0.2, 0) is 0 Å². The van der Waals surface area contributed by atoms with Gasteiger partial charge in [0.1, 0.15) is 17.1 Å². The monoisotopic (exact) mass is 252 g/mol. The molecule has 1 aromatic rings. The zero-order valence-corrected chi connectivity index (χ0v) is 10.4. The summed E-state index contributed by atoms with van der Waals surface area (Å²) in [5, 5.41) is 0. The fourth-order valence-corrected chi connectivity index (χ4v) is 2.23. The van der Waals surface area contributed by atoms with E-state index in [1.807, 2.05) is 0 Å². The highest BCUT2D eigenvalue weighted by Gasteiger charge is 2.26. The molecule has 1 amide bonds. The number of ether oxygens (including phenoxy) is 1. The topological polar surface area (TPSA) is 55.6 Å². The highest BCUT2D eigenvalue weighted by atomic mass is 19.1. The van der Waals surface area contributed by atoms with Crippen molar-refractivity contribution in [3.05, 3.63) is 29.6 Å². The number of amides is 1. The lowest BCUT2D eigenvalue weighted by Gasteiger charge is -2.31. The summed E-state index contributed by atoms with van der Waals surface area (Å²) >= 11 is 0. The molecule has 4 nitrogen and oxygen atoms in total. The maximum Gasteiger partial charge on any atom is 0.260 e. The maximum atomic E-state index is 13.8. The van der Waals surface area contributed by atoms with Crippen LogP contribution in [0.15, 0.2) is 18.2 Å². The van der Waals surface area contributed by atoms with Gasteiger partial charge in [0.05, 0.1) is 7.11 Å². The highest BCUT2D eigenvalue weighted by Crippen LogP contribution is 2.24. The van der Waals surface area contributed by atoms with Crippen LogP contribution >= 0.6 is 0 Å². The minimum absolute atomic E-state index is 0.00546. The summed E-state index contributed by atoms with van der Waals surface area (Å²) in [6.07, 6.45) is 1.75. The van der Waals surface area contributed by atoms with Gasteiger partial charge in [0.25, 0.3) is 5.91 Å². The van der Waals surface area contributed by atoms with Gasteiger partial charge in [-0.3, -0.25) is 4.79 Å². The summed E-state index contributed by atoms with van der Waals surface area (Å²) in [6, 6.07) is 4.34. The lowest BCUT2D eigenvalue weighted by molar-refractivity contribution is 0.0700. The molecule has 0 aliphatic carbocycles. The van der Waals surface area contributed by atoms with E-state index in [1.54, 1.807) is 11.0 Å². The second-order valence-electron chi connectivity index (χ2n) is 4.47. The molecular weight excluding hydrogens is 235 g/mol. The first-order valence-corrected chi connectivity index (χ1v) is 6.01. The second kappa shape index (κ2) is 5.35. The predicted octanol–water partition coefficient (Wildman–Crippen LogP) is 1.40. The van der Waals surface area contributed by atoms with Crippen LogP contribution < -0.4 is 10.5 Å². The molecule has 2 rings (SSSR count). The van der Waals surface area contributed by atoms with Crippen molar-refractivity contribution in [1.29, 1.82) is 0 Å². The molecule has 1 aliphatic rings. The van der Waals surface area contributed by atoms with Gasteiger partial charge in [-0.05, 0) is 25.0 Å². The maximum absolute atomic E-state index is 13.8. The van der Waals surface area contributed by atoms with Crippen LogP contribution in [0.25, 0.3) is 0 Å². The average Bonchev–Trinajstić information content (AvgIpc) is 2.37. The van der Waals surface area contributed by atoms with Crippen molar-refractivity contribution in [3.8, 4) is 5.75 Å². The Morgan fingerprint density at radius 3 is 3.00 bits per heavy atom. The lowest BCUT2D eigenvalue weighted by Crippen LogP contribution is -2.46. The average molecular weight is 252 g/mol. The number of rotatable bonds is 2. The van der Waals surface area contributed by atoms with Crippen LogP contribution in [0.5, 0.6) is 5.75 Å². The van der Waals surface area contributed by atoms with Crippen molar-refractivity contribution in [2.75, 3.05) is 20.2 Å². The van der Waals surface area contributed by atoms with Crippen molar-refractivity contribution in [2.45, 2.75) is 18.9 Å². The van der Waals surface area contributed by atoms with Crippen LogP contribution in [0.4, 0.5) is 4.39 Å². The van der Waals surface area contributed by atoms with E-state index >= 15 is 0 Å². The van der Waals surface area contributed by atoms with E-state index in [1.165, 1.54) is 19.2 Å². The molecule has 1 fully saturated rings. The quantitative estimate of drug-likeness (QED) is 0.865. The number of hydrogen-bond donors (Lipinski definition) is 1. The molecule has 5 heteroatoms. The van der Waals surface area contributed by atoms with Crippen LogP contribution in [0.2, 0.25) is 0 Å². The van der Waals surface area contributed by atoms with E-state index in [4.69, 9.17) is 10.5 Å². The largest absolute Gasteiger partial charge is 0.496 e. The van der Waals surface area contributed by atoms with Crippen molar-refractivity contribution in [3.63, 3.8) is 0 Å². The van der Waals surface area contributed by atoms with Gasteiger partial charge in [0.2, 0.25) is 0 Å². The van der Waals surface area contributed by atoms with E-state index in [2.05, 4.69) is 0 Å². The van der Waals surface area contributed by atoms with Crippen molar-refractivity contribution < 1.29 is 13.9 Å². The van der Waals surface area contributed by atoms with Crippen LogP contribution in [0.1, 0.15) is 23.2 Å². The van der Waals surface area contributed by atoms with Crippen molar-refractivity contribution in [2.24, 2.45) is 5.73 Å². The molecule has 0 aromatic heterocycles. The number of carbonyl (C=O) groups is 1. The van der Waals surface area contributed by atoms with Gasteiger partial charge in [-0.2, -0.15) is 0 Å². The predicted molar refractivity (Wildman–Crippen MR) is 66.1 cm³/mol. The van der Waals surface area contributed by atoms with Crippen molar-refractivity contribution >= 4 is 5.91 Å². The normalized spacial score (nSPS) is 19.7. The minimum Gasteiger partial charge on any atom is -0.496 e. The van der Waals surface area contributed by atoms with Crippen LogP contribution in [0.3, 0.4) is 0 Å². The highest BCUT2D eigenvalue weighted by molar-refractivity contribution is 5.97. The minimum atomic E-state index is -0.557. The van der Waals surface area contributed by atoms with Gasteiger partial charge < -0.3 is 15.4 Å². The number of hydrogen-bond acceptors (Lipinski definition) is 3. The first-order valence-electron chi connectivity index (χ1n) is 6.01. The summed E-state index contributed by atoms with van der Waals surface area (Å²) in [6.45, 7) is 1.08. The number of piperidine rings is 1. The molecule has 1 saturated heterocycles. The fraction of sp³-hybridized carbons (Fsp3) is 0.462. The molecule has 1 aromatic carbocycles. The molecule has 2 N–H and O–H groups in total. The number of halogens is 1. The molecule has 0 radical (unpaired) electrons. The number of benzene rings is 1. The first-order chi connectivity index (χ1) is 8.63.